The van der Waals surface area contributed by atoms with Crippen molar-refractivity contribution in [3.63, 3.8) is 0 Å². The number of pyridine rings is 1. The lowest BCUT2D eigenvalue weighted by Crippen LogP contribution is -2.38. The molecule has 3 heterocycles. The van der Waals surface area contributed by atoms with Crippen LogP contribution in [0.15, 0.2) is 54.9 Å². The molecule has 1 amide bonds. The summed E-state index contributed by atoms with van der Waals surface area (Å²) in [5, 5.41) is 4.26. The summed E-state index contributed by atoms with van der Waals surface area (Å²) in [4.78, 5) is 15.0. The molecule has 0 N–H and O–H groups in total. The van der Waals surface area contributed by atoms with Gasteiger partial charge in [-0.05, 0) is 49.1 Å². The first-order valence-electron chi connectivity index (χ1n) is 8.23. The Kier molecular flexibility index (Phi) is 3.76. The first-order valence-corrected chi connectivity index (χ1v) is 8.23. The van der Waals surface area contributed by atoms with Crippen LogP contribution in [0, 0.1) is 5.82 Å². The molecule has 24 heavy (non-hydrogen) atoms. The molecule has 1 aliphatic heterocycles. The van der Waals surface area contributed by atoms with Crippen molar-refractivity contribution in [1.82, 2.24) is 14.5 Å². The Morgan fingerprint density at radius 1 is 1.12 bits per heavy atom. The molecule has 2 aromatic heterocycles. The number of fused-ring (bicyclic) bond motifs is 1. The van der Waals surface area contributed by atoms with Gasteiger partial charge in [-0.15, -0.1) is 0 Å². The Balaban J connectivity index is 1.69. The Morgan fingerprint density at radius 3 is 2.79 bits per heavy atom. The third-order valence-electron chi connectivity index (χ3n) is 4.68. The molecule has 4 nitrogen and oxygen atoms in total. The summed E-state index contributed by atoms with van der Waals surface area (Å²) in [6, 6.07) is 12.2. The molecule has 1 aliphatic rings. The zero-order valence-corrected chi connectivity index (χ0v) is 13.2. The second-order valence-electron chi connectivity index (χ2n) is 6.15. The predicted molar refractivity (Wildman–Crippen MR) is 89.2 cm³/mol. The van der Waals surface area contributed by atoms with Crippen LogP contribution in [0.1, 0.15) is 41.2 Å². The Labute approximate surface area is 139 Å². The van der Waals surface area contributed by atoms with E-state index in [0.29, 0.717) is 12.1 Å². The normalized spacial score (nSPS) is 18.0. The van der Waals surface area contributed by atoms with E-state index < -0.39 is 0 Å². The lowest BCUT2D eigenvalue weighted by molar-refractivity contribution is 0.0613. The van der Waals surface area contributed by atoms with Crippen molar-refractivity contribution >= 4 is 11.4 Å². The van der Waals surface area contributed by atoms with Gasteiger partial charge in [-0.3, -0.25) is 4.79 Å². The number of carbonyl (C=O) groups is 1. The summed E-state index contributed by atoms with van der Waals surface area (Å²) in [6.45, 7) is 0.713. The lowest BCUT2D eigenvalue weighted by Gasteiger charge is -2.36. The first-order chi connectivity index (χ1) is 11.7. The summed E-state index contributed by atoms with van der Waals surface area (Å²) in [5.41, 5.74) is 2.41. The molecular formula is C19H18FN3O. The van der Waals surface area contributed by atoms with Crippen molar-refractivity contribution in [2.24, 2.45) is 0 Å². The van der Waals surface area contributed by atoms with Gasteiger partial charge in [-0.2, -0.15) is 5.10 Å². The number of carbonyl (C=O) groups excluding carboxylic acids is 1. The Morgan fingerprint density at radius 2 is 1.96 bits per heavy atom. The molecule has 4 rings (SSSR count). The molecule has 1 atom stereocenters. The molecular weight excluding hydrogens is 305 g/mol. The molecule has 0 unspecified atom stereocenters. The second kappa shape index (κ2) is 6.07. The second-order valence-corrected chi connectivity index (χ2v) is 6.15. The quantitative estimate of drug-likeness (QED) is 0.718. The lowest BCUT2D eigenvalue weighted by atomic mass is 9.94. The van der Waals surface area contributed by atoms with E-state index in [2.05, 4.69) is 5.10 Å². The van der Waals surface area contributed by atoms with E-state index in [4.69, 9.17) is 0 Å². The van der Waals surface area contributed by atoms with Crippen molar-refractivity contribution in [3.8, 4) is 0 Å². The maximum Gasteiger partial charge on any atom is 0.258 e. The maximum absolute atomic E-state index is 13.2. The molecule has 122 valence electrons. The number of amides is 1. The number of likely N-dealkylation sites (tertiary alicyclic amines) is 1. The number of hydrogen-bond donors (Lipinski definition) is 0. The van der Waals surface area contributed by atoms with Gasteiger partial charge in [0.05, 0.1) is 23.3 Å². The van der Waals surface area contributed by atoms with E-state index in [9.17, 15) is 9.18 Å². The topological polar surface area (TPSA) is 37.6 Å². The van der Waals surface area contributed by atoms with Gasteiger partial charge in [-0.25, -0.2) is 8.91 Å². The first kappa shape index (κ1) is 14.9. The molecule has 0 spiro atoms. The number of halogens is 1. The van der Waals surface area contributed by atoms with Gasteiger partial charge in [0.15, 0.2) is 0 Å². The molecule has 0 bridgehead atoms. The zero-order valence-electron chi connectivity index (χ0n) is 13.2. The van der Waals surface area contributed by atoms with Crippen molar-refractivity contribution in [1.29, 1.82) is 0 Å². The van der Waals surface area contributed by atoms with Crippen molar-refractivity contribution in [3.05, 3.63) is 71.8 Å². The van der Waals surface area contributed by atoms with Crippen LogP contribution in [-0.2, 0) is 0 Å². The number of aromatic nitrogens is 2. The Bertz CT molecular complexity index is 872. The van der Waals surface area contributed by atoms with E-state index in [-0.39, 0.29) is 17.8 Å². The summed E-state index contributed by atoms with van der Waals surface area (Å²) in [6.07, 6.45) is 6.42. The van der Waals surface area contributed by atoms with Crippen LogP contribution in [0.25, 0.3) is 5.52 Å². The van der Waals surface area contributed by atoms with E-state index in [1.165, 1.54) is 12.1 Å². The van der Waals surface area contributed by atoms with Crippen LogP contribution in [0.5, 0.6) is 0 Å². The predicted octanol–water partition coefficient (Wildman–Crippen LogP) is 3.84. The zero-order chi connectivity index (χ0) is 16.5. The van der Waals surface area contributed by atoms with Crippen molar-refractivity contribution < 1.29 is 9.18 Å². The number of hydrogen-bond acceptors (Lipinski definition) is 2. The largest absolute Gasteiger partial charge is 0.331 e. The van der Waals surface area contributed by atoms with Crippen LogP contribution in [-0.4, -0.2) is 27.0 Å². The summed E-state index contributed by atoms with van der Waals surface area (Å²) in [5.74, 6) is -0.264. The van der Waals surface area contributed by atoms with E-state index in [0.717, 1.165) is 30.3 Å². The molecule has 0 aliphatic carbocycles. The summed E-state index contributed by atoms with van der Waals surface area (Å²) >= 11 is 0. The molecule has 0 radical (unpaired) electrons. The highest BCUT2D eigenvalue weighted by Gasteiger charge is 2.30. The van der Waals surface area contributed by atoms with E-state index in [1.54, 1.807) is 22.8 Å². The fraction of sp³-hybridized carbons (Fsp3) is 0.263. The minimum atomic E-state index is -0.255. The van der Waals surface area contributed by atoms with Crippen molar-refractivity contribution in [2.75, 3.05) is 6.54 Å². The standard InChI is InChI=1S/C19H18FN3O/c20-15-9-7-14(8-10-15)17-5-1-3-11-22(17)19(24)16-13-21-23-12-4-2-6-18(16)23/h2,4,6-10,12-13,17H,1,3,5,11H2/t17-/m1/s1. The monoisotopic (exact) mass is 323 g/mol. The van der Waals surface area contributed by atoms with E-state index in [1.807, 2.05) is 29.3 Å². The van der Waals surface area contributed by atoms with Crippen LogP contribution in [0.4, 0.5) is 4.39 Å². The van der Waals surface area contributed by atoms with E-state index >= 15 is 0 Å². The molecule has 1 fully saturated rings. The highest BCUT2D eigenvalue weighted by Crippen LogP contribution is 2.32. The molecule has 5 heteroatoms. The maximum atomic E-state index is 13.2. The average Bonchev–Trinajstić information content (AvgIpc) is 3.06. The fourth-order valence-electron chi connectivity index (χ4n) is 3.46. The van der Waals surface area contributed by atoms with Crippen LogP contribution in [0.3, 0.4) is 0 Å². The van der Waals surface area contributed by atoms with Crippen molar-refractivity contribution in [2.45, 2.75) is 25.3 Å². The molecule has 1 aromatic carbocycles. The third kappa shape index (κ3) is 2.56. The summed E-state index contributed by atoms with van der Waals surface area (Å²) in [7, 11) is 0. The van der Waals surface area contributed by atoms with Crippen LogP contribution < -0.4 is 0 Å². The number of nitrogens with zero attached hydrogens (tertiary/aromatic N) is 3. The van der Waals surface area contributed by atoms with Gasteiger partial charge in [0.25, 0.3) is 5.91 Å². The highest BCUT2D eigenvalue weighted by atomic mass is 19.1. The van der Waals surface area contributed by atoms with Gasteiger partial charge < -0.3 is 4.90 Å². The average molecular weight is 323 g/mol. The third-order valence-corrected chi connectivity index (χ3v) is 4.68. The van der Waals surface area contributed by atoms with Gasteiger partial charge in [0.1, 0.15) is 5.82 Å². The van der Waals surface area contributed by atoms with Crippen LogP contribution >= 0.6 is 0 Å². The summed E-state index contributed by atoms with van der Waals surface area (Å²) < 4.78 is 14.9. The number of rotatable bonds is 2. The molecule has 3 aromatic rings. The van der Waals surface area contributed by atoms with Gasteiger partial charge in [-0.1, -0.05) is 18.2 Å². The van der Waals surface area contributed by atoms with Gasteiger partial charge >= 0.3 is 0 Å². The minimum absolute atomic E-state index is 0.00878. The van der Waals surface area contributed by atoms with Crippen LogP contribution in [0.2, 0.25) is 0 Å². The molecule has 1 saturated heterocycles. The number of piperidine rings is 1. The SMILES string of the molecule is O=C(c1cnn2ccccc12)N1CCCC[C@@H]1c1ccc(F)cc1. The Hall–Kier alpha value is -2.69. The minimum Gasteiger partial charge on any atom is -0.331 e. The highest BCUT2D eigenvalue weighted by molar-refractivity contribution is 6.00. The smallest absolute Gasteiger partial charge is 0.258 e. The molecule has 0 saturated carbocycles. The van der Waals surface area contributed by atoms with Gasteiger partial charge in [0, 0.05) is 12.7 Å². The number of benzene rings is 1. The van der Waals surface area contributed by atoms with Gasteiger partial charge in [0.2, 0.25) is 0 Å². The fourth-order valence-corrected chi connectivity index (χ4v) is 3.46.